The van der Waals surface area contributed by atoms with E-state index in [1.807, 2.05) is 0 Å². The van der Waals surface area contributed by atoms with Crippen LogP contribution in [-0.2, 0) is 23.4 Å². The maximum atomic E-state index is 15.3. The van der Waals surface area contributed by atoms with E-state index in [-0.39, 0.29) is 28.0 Å². The molecule has 1 aliphatic rings. The molecule has 16 heteroatoms. The van der Waals surface area contributed by atoms with Crippen molar-refractivity contribution in [2.45, 2.75) is 57.3 Å². The Labute approximate surface area is 227 Å². The summed E-state index contributed by atoms with van der Waals surface area (Å²) in [6, 6.07) is 6.89. The van der Waals surface area contributed by atoms with Crippen LogP contribution in [0.4, 0.5) is 14.7 Å². The van der Waals surface area contributed by atoms with Crippen LogP contribution >= 0.6 is 19.3 Å². The van der Waals surface area contributed by atoms with Crippen molar-refractivity contribution >= 4 is 42.4 Å². The Morgan fingerprint density at radius 2 is 2.05 bits per heavy atom. The summed E-state index contributed by atoms with van der Waals surface area (Å²) < 4.78 is 66.8. The van der Waals surface area contributed by atoms with E-state index in [9.17, 15) is 13.8 Å². The number of hydrogen-bond acceptors (Lipinski definition) is 10. The van der Waals surface area contributed by atoms with Gasteiger partial charge in [-0.2, -0.15) is 15.1 Å². The van der Waals surface area contributed by atoms with Crippen LogP contribution in [0.2, 0.25) is 5.15 Å². The molecule has 0 amide bonds. The topological polar surface area (TPSA) is 153 Å². The normalized spacial score (nSPS) is 23.6. The highest BCUT2D eigenvalue weighted by Crippen LogP contribution is 2.48. The fourth-order valence-corrected chi connectivity index (χ4v) is 5.69. The second-order valence-corrected chi connectivity index (χ2v) is 11.3. The van der Waals surface area contributed by atoms with Gasteiger partial charge in [0.1, 0.15) is 35.8 Å². The van der Waals surface area contributed by atoms with Crippen molar-refractivity contribution in [3.8, 4) is 5.75 Å². The number of ether oxygens (including phenoxy) is 2. The molecule has 0 bridgehead atoms. The smallest absolute Gasteiger partial charge is 0.459 e. The number of nitrogen functional groups attached to an aromatic ring is 1. The quantitative estimate of drug-likeness (QED) is 0.189. The molecule has 1 fully saturated rings. The van der Waals surface area contributed by atoms with E-state index >= 15 is 4.39 Å². The number of aromatic nitrogens is 4. The Morgan fingerprint density at radius 1 is 1.33 bits per heavy atom. The van der Waals surface area contributed by atoms with Gasteiger partial charge < -0.3 is 19.7 Å². The van der Waals surface area contributed by atoms with Crippen LogP contribution in [0, 0.1) is 0 Å². The lowest BCUT2D eigenvalue weighted by atomic mass is 10.0. The number of imidazole rings is 1. The number of carbonyl (C=O) groups is 1. The summed E-state index contributed by atoms with van der Waals surface area (Å²) in [5.74, 6) is -0.726. The number of benzene rings is 1. The molecule has 39 heavy (non-hydrogen) atoms. The average Bonchev–Trinajstić information content (AvgIpc) is 3.44. The molecular formula is C23H28ClF2N6O6P. The molecule has 4 rings (SSSR count). The van der Waals surface area contributed by atoms with Gasteiger partial charge in [0.25, 0.3) is 0 Å². The summed E-state index contributed by atoms with van der Waals surface area (Å²) in [7, 11) is -4.35. The lowest BCUT2D eigenvalue weighted by Gasteiger charge is -2.29. The number of nitrogens with zero attached hydrogens (tertiary/aromatic N) is 4. The van der Waals surface area contributed by atoms with Gasteiger partial charge in [-0.15, -0.1) is 0 Å². The highest BCUT2D eigenvalue weighted by atomic mass is 35.5. The van der Waals surface area contributed by atoms with Crippen LogP contribution in [-0.4, -0.2) is 62.7 Å². The minimum Gasteiger partial charge on any atom is -0.462 e. The summed E-state index contributed by atoms with van der Waals surface area (Å²) in [5.41, 5.74) is 4.05. The largest absolute Gasteiger partial charge is 0.462 e. The molecule has 2 aromatic heterocycles. The second-order valence-electron chi connectivity index (χ2n) is 9.25. The molecular weight excluding hydrogens is 561 g/mol. The molecule has 0 aliphatic carbocycles. The highest BCUT2D eigenvalue weighted by Gasteiger charge is 2.50. The van der Waals surface area contributed by atoms with Crippen LogP contribution in [0.25, 0.3) is 11.2 Å². The maximum absolute atomic E-state index is 15.3. The zero-order chi connectivity index (χ0) is 28.4. The molecule has 1 aromatic carbocycles. The molecule has 212 valence electrons. The van der Waals surface area contributed by atoms with Gasteiger partial charge in [0.2, 0.25) is 5.95 Å². The minimum absolute atomic E-state index is 0.0417. The standard InChI is InChI=1S/C23H28ClF2N6O6P/c1-13(2)36-21(33)14(3)31-39(34,38-15-7-5-4-6-8-15)35-11-23(10-25)9-16(26)20(37-23)32-12-28-17-18(24)29-22(27)30-19(17)32/h4-8,12-14,16,20H,9-11H2,1-3H3,(H,31,34)(H2,27,29,30). The van der Waals surface area contributed by atoms with Crippen molar-refractivity contribution in [1.29, 1.82) is 0 Å². The molecule has 0 radical (unpaired) electrons. The number of fused-ring (bicyclic) bond motifs is 1. The summed E-state index contributed by atoms with van der Waals surface area (Å²) >= 11 is 6.05. The first kappa shape index (κ1) is 29.1. The van der Waals surface area contributed by atoms with Gasteiger partial charge in [0, 0.05) is 6.42 Å². The third kappa shape index (κ3) is 6.64. The van der Waals surface area contributed by atoms with E-state index < -0.39 is 63.6 Å². The Morgan fingerprint density at radius 3 is 2.72 bits per heavy atom. The van der Waals surface area contributed by atoms with E-state index in [1.165, 1.54) is 30.0 Å². The predicted octanol–water partition coefficient (Wildman–Crippen LogP) is 4.16. The van der Waals surface area contributed by atoms with Crippen molar-refractivity contribution in [3.05, 3.63) is 41.8 Å². The van der Waals surface area contributed by atoms with Gasteiger partial charge >= 0.3 is 13.7 Å². The van der Waals surface area contributed by atoms with Gasteiger partial charge in [-0.3, -0.25) is 13.9 Å². The van der Waals surface area contributed by atoms with Crippen LogP contribution in [0.1, 0.15) is 33.4 Å². The Hall–Kier alpha value is -2.90. The molecule has 5 unspecified atom stereocenters. The van der Waals surface area contributed by atoms with Crippen LogP contribution in [0.15, 0.2) is 36.7 Å². The zero-order valence-corrected chi connectivity index (χ0v) is 22.9. The summed E-state index contributed by atoms with van der Waals surface area (Å²) in [6.07, 6.45) is -2.77. The fourth-order valence-electron chi connectivity index (χ4n) is 3.90. The molecule has 12 nitrogen and oxygen atoms in total. The molecule has 3 N–H and O–H groups in total. The van der Waals surface area contributed by atoms with Crippen LogP contribution in [0.5, 0.6) is 5.75 Å². The van der Waals surface area contributed by atoms with Crippen molar-refractivity contribution in [2.75, 3.05) is 19.0 Å². The molecule has 3 aromatic rings. The third-order valence-electron chi connectivity index (χ3n) is 5.68. The van der Waals surface area contributed by atoms with Crippen LogP contribution in [0.3, 0.4) is 0 Å². The van der Waals surface area contributed by atoms with Crippen molar-refractivity contribution in [2.24, 2.45) is 0 Å². The first-order chi connectivity index (χ1) is 18.4. The highest BCUT2D eigenvalue weighted by molar-refractivity contribution is 7.52. The van der Waals surface area contributed by atoms with Gasteiger partial charge in [0.15, 0.2) is 17.0 Å². The van der Waals surface area contributed by atoms with Crippen molar-refractivity contribution < 1.29 is 36.7 Å². The summed E-state index contributed by atoms with van der Waals surface area (Å²) in [4.78, 5) is 24.3. The first-order valence-electron chi connectivity index (χ1n) is 11.9. The molecule has 5 atom stereocenters. The van der Waals surface area contributed by atoms with Crippen molar-refractivity contribution in [3.63, 3.8) is 0 Å². The number of hydrogen-bond donors (Lipinski definition) is 2. The number of halogens is 3. The Kier molecular flexibility index (Phi) is 8.72. The summed E-state index contributed by atoms with van der Waals surface area (Å²) in [5, 5.41) is 2.46. The van der Waals surface area contributed by atoms with E-state index in [0.29, 0.717) is 0 Å². The zero-order valence-electron chi connectivity index (χ0n) is 21.3. The first-order valence-corrected chi connectivity index (χ1v) is 13.9. The number of anilines is 1. The van der Waals surface area contributed by atoms with Gasteiger partial charge in [0.05, 0.1) is 19.0 Å². The number of nitrogens with one attached hydrogen (secondary N) is 1. The Balaban J connectivity index is 1.56. The fraction of sp³-hybridized carbons (Fsp3) is 0.478. The van der Waals surface area contributed by atoms with Gasteiger partial charge in [-0.05, 0) is 32.9 Å². The molecule has 0 spiro atoms. The van der Waals surface area contributed by atoms with E-state index in [0.717, 1.165) is 0 Å². The lowest BCUT2D eigenvalue weighted by Crippen LogP contribution is -2.40. The van der Waals surface area contributed by atoms with Gasteiger partial charge in [-0.1, -0.05) is 29.8 Å². The number of alkyl halides is 2. The summed E-state index contributed by atoms with van der Waals surface area (Å²) in [6.45, 7) is 2.84. The van der Waals surface area contributed by atoms with Gasteiger partial charge in [-0.25, -0.2) is 18.3 Å². The number of carbonyl (C=O) groups excluding carboxylic acids is 1. The van der Waals surface area contributed by atoms with E-state index in [4.69, 9.17) is 35.9 Å². The molecule has 3 heterocycles. The van der Waals surface area contributed by atoms with E-state index in [1.54, 1.807) is 32.0 Å². The number of esters is 1. The molecule has 0 saturated carbocycles. The Bertz CT molecular complexity index is 1370. The number of nitrogens with two attached hydrogens (primary N) is 1. The third-order valence-corrected chi connectivity index (χ3v) is 7.57. The monoisotopic (exact) mass is 588 g/mol. The molecule has 1 aliphatic heterocycles. The van der Waals surface area contributed by atoms with Crippen LogP contribution < -0.4 is 15.3 Å². The van der Waals surface area contributed by atoms with Crippen molar-refractivity contribution in [1.82, 2.24) is 24.6 Å². The lowest BCUT2D eigenvalue weighted by molar-refractivity contribution is -0.149. The molecule has 1 saturated heterocycles. The average molecular weight is 589 g/mol. The number of rotatable bonds is 11. The SMILES string of the molecule is CC(C)OC(=O)C(C)NP(=O)(OCC1(CF)CC(F)C(n2cnc3c(Cl)nc(N)nc32)O1)Oc1ccccc1. The predicted molar refractivity (Wildman–Crippen MR) is 138 cm³/mol. The van der Waals surface area contributed by atoms with E-state index in [2.05, 4.69) is 20.0 Å². The second kappa shape index (κ2) is 11.7. The minimum atomic E-state index is -4.35. The maximum Gasteiger partial charge on any atom is 0.459 e. The number of para-hydroxylation sites is 1.